The van der Waals surface area contributed by atoms with Gasteiger partial charge in [0, 0.05) is 18.9 Å². The molecule has 7 nitrogen and oxygen atoms in total. The van der Waals surface area contributed by atoms with Crippen molar-refractivity contribution < 1.29 is 5.11 Å². The van der Waals surface area contributed by atoms with Crippen LogP contribution in [0.5, 0.6) is 0 Å². The molecule has 2 atom stereocenters. The Bertz CT molecular complexity index is 590. The highest BCUT2D eigenvalue weighted by Gasteiger charge is 2.20. The van der Waals surface area contributed by atoms with Crippen molar-refractivity contribution in [2.24, 2.45) is 5.92 Å². The van der Waals surface area contributed by atoms with Crippen molar-refractivity contribution in [2.45, 2.75) is 31.8 Å². The first kappa shape index (κ1) is 14.2. The van der Waals surface area contributed by atoms with Crippen LogP contribution in [0.4, 0.5) is 5.95 Å². The molecule has 1 aliphatic rings. The lowest BCUT2D eigenvalue weighted by Crippen LogP contribution is -2.25. The lowest BCUT2D eigenvalue weighted by atomic mass is 9.87. The van der Waals surface area contributed by atoms with Gasteiger partial charge < -0.3 is 10.4 Å². The second-order valence-electron chi connectivity index (χ2n) is 5.25. The Morgan fingerprint density at radius 2 is 2.24 bits per heavy atom. The predicted molar refractivity (Wildman–Crippen MR) is 78.4 cm³/mol. The van der Waals surface area contributed by atoms with Crippen molar-refractivity contribution in [1.29, 1.82) is 0 Å². The van der Waals surface area contributed by atoms with Crippen LogP contribution < -0.4 is 5.32 Å². The highest BCUT2D eigenvalue weighted by Crippen LogP contribution is 2.24. The number of aromatic nitrogens is 5. The highest BCUT2D eigenvalue weighted by atomic mass is 35.5. The zero-order valence-corrected chi connectivity index (χ0v) is 12.2. The average molecular weight is 309 g/mol. The Morgan fingerprint density at radius 3 is 3.00 bits per heavy atom. The second-order valence-corrected chi connectivity index (χ2v) is 5.58. The third-order valence-corrected chi connectivity index (χ3v) is 3.78. The molecule has 1 fully saturated rings. The van der Waals surface area contributed by atoms with E-state index in [0.29, 0.717) is 17.8 Å². The topological polar surface area (TPSA) is 88.8 Å². The fraction of sp³-hybridized carbons (Fsp3) is 0.538. The Labute approximate surface area is 127 Å². The first-order valence-electron chi connectivity index (χ1n) is 7.04. The molecule has 2 N–H and O–H groups in total. The maximum absolute atomic E-state index is 9.69. The molecule has 1 aliphatic carbocycles. The van der Waals surface area contributed by atoms with Crippen molar-refractivity contribution in [1.82, 2.24) is 24.7 Å². The van der Waals surface area contributed by atoms with Gasteiger partial charge in [-0.1, -0.05) is 6.42 Å². The largest absolute Gasteiger partial charge is 0.393 e. The van der Waals surface area contributed by atoms with Crippen LogP contribution in [-0.4, -0.2) is 42.5 Å². The highest BCUT2D eigenvalue weighted by molar-refractivity contribution is 6.28. The van der Waals surface area contributed by atoms with Gasteiger partial charge in [0.25, 0.3) is 5.95 Å². The van der Waals surface area contributed by atoms with Gasteiger partial charge in [0.05, 0.1) is 6.10 Å². The third-order valence-electron chi connectivity index (χ3n) is 3.61. The molecule has 2 unspecified atom stereocenters. The van der Waals surface area contributed by atoms with E-state index in [1.807, 2.05) is 0 Å². The molecule has 0 spiro atoms. The van der Waals surface area contributed by atoms with Gasteiger partial charge in [0.15, 0.2) is 0 Å². The number of rotatable bonds is 4. The van der Waals surface area contributed by atoms with E-state index in [4.69, 9.17) is 11.6 Å². The van der Waals surface area contributed by atoms with Crippen molar-refractivity contribution in [3.05, 3.63) is 23.7 Å². The van der Waals surface area contributed by atoms with E-state index < -0.39 is 0 Å². The molecule has 0 bridgehead atoms. The van der Waals surface area contributed by atoms with Crippen LogP contribution >= 0.6 is 11.6 Å². The molecule has 1 saturated carbocycles. The smallest absolute Gasteiger partial charge is 0.256 e. The summed E-state index contributed by atoms with van der Waals surface area (Å²) in [5, 5.41) is 17.1. The molecular weight excluding hydrogens is 292 g/mol. The van der Waals surface area contributed by atoms with E-state index in [-0.39, 0.29) is 11.4 Å². The molecule has 0 radical (unpaired) electrons. The third kappa shape index (κ3) is 3.68. The molecule has 21 heavy (non-hydrogen) atoms. The molecule has 2 aromatic rings. The van der Waals surface area contributed by atoms with Gasteiger partial charge in [-0.2, -0.15) is 20.1 Å². The van der Waals surface area contributed by atoms with Crippen molar-refractivity contribution >= 4 is 17.5 Å². The van der Waals surface area contributed by atoms with E-state index in [1.54, 1.807) is 18.5 Å². The maximum Gasteiger partial charge on any atom is 0.256 e. The standard InChI is InChI=1S/C13H17ClN6O/c14-11-17-12(15-8-9-3-1-4-10(21)7-9)19-13(18-11)20-6-2-5-16-20/h2,5-6,9-10,21H,1,3-4,7-8H2,(H,15,17,18,19). The Kier molecular flexibility index (Phi) is 4.31. The van der Waals surface area contributed by atoms with Gasteiger partial charge in [0.1, 0.15) is 0 Å². The molecule has 0 amide bonds. The Morgan fingerprint density at radius 1 is 1.33 bits per heavy atom. The quantitative estimate of drug-likeness (QED) is 0.893. The van der Waals surface area contributed by atoms with Crippen LogP contribution in [0.3, 0.4) is 0 Å². The Hall–Kier alpha value is -1.73. The van der Waals surface area contributed by atoms with Crippen molar-refractivity contribution in [2.75, 3.05) is 11.9 Å². The van der Waals surface area contributed by atoms with Gasteiger partial charge >= 0.3 is 0 Å². The molecule has 0 aliphatic heterocycles. The first-order chi connectivity index (χ1) is 10.2. The van der Waals surface area contributed by atoms with Crippen LogP contribution in [0.25, 0.3) is 5.95 Å². The number of halogens is 1. The number of nitrogens with one attached hydrogen (secondary N) is 1. The van der Waals surface area contributed by atoms with Gasteiger partial charge in [-0.15, -0.1) is 0 Å². The maximum atomic E-state index is 9.69. The van der Waals surface area contributed by atoms with Gasteiger partial charge in [0.2, 0.25) is 11.2 Å². The second kappa shape index (κ2) is 6.36. The number of aliphatic hydroxyl groups is 1. The number of aliphatic hydroxyl groups excluding tert-OH is 1. The minimum Gasteiger partial charge on any atom is -0.393 e. The molecule has 112 valence electrons. The number of anilines is 1. The lowest BCUT2D eigenvalue weighted by Gasteiger charge is -2.25. The van der Waals surface area contributed by atoms with Gasteiger partial charge in [-0.25, -0.2) is 4.68 Å². The molecule has 8 heteroatoms. The summed E-state index contributed by atoms with van der Waals surface area (Å²) in [7, 11) is 0. The normalized spacial score (nSPS) is 22.2. The predicted octanol–water partition coefficient (Wildman–Crippen LogP) is 1.67. The summed E-state index contributed by atoms with van der Waals surface area (Å²) in [6.07, 6.45) is 7.09. The fourth-order valence-electron chi connectivity index (χ4n) is 2.59. The Balaban J connectivity index is 1.68. The number of nitrogens with zero attached hydrogens (tertiary/aromatic N) is 5. The summed E-state index contributed by atoms with van der Waals surface area (Å²) in [6.45, 7) is 0.718. The fourth-order valence-corrected chi connectivity index (χ4v) is 2.75. The van der Waals surface area contributed by atoms with E-state index in [1.165, 1.54) is 4.68 Å². The zero-order valence-electron chi connectivity index (χ0n) is 11.5. The van der Waals surface area contributed by atoms with E-state index >= 15 is 0 Å². The molecule has 2 aromatic heterocycles. The summed E-state index contributed by atoms with van der Waals surface area (Å²) < 4.78 is 1.53. The molecule has 3 rings (SSSR count). The number of hydrogen-bond donors (Lipinski definition) is 2. The summed E-state index contributed by atoms with van der Waals surface area (Å²) in [5.74, 6) is 1.24. The van der Waals surface area contributed by atoms with Crippen LogP contribution in [0.2, 0.25) is 5.28 Å². The number of hydrogen-bond acceptors (Lipinski definition) is 6. The molecule has 2 heterocycles. The van der Waals surface area contributed by atoms with Crippen molar-refractivity contribution in [3.63, 3.8) is 0 Å². The minimum absolute atomic E-state index is 0.127. The summed E-state index contributed by atoms with van der Waals surface area (Å²) in [4.78, 5) is 12.4. The van der Waals surface area contributed by atoms with Crippen molar-refractivity contribution in [3.8, 4) is 5.95 Å². The van der Waals surface area contributed by atoms with Crippen LogP contribution in [0, 0.1) is 5.92 Å². The summed E-state index contributed by atoms with van der Waals surface area (Å²) in [5.41, 5.74) is 0. The van der Waals surface area contributed by atoms with Gasteiger partial charge in [-0.3, -0.25) is 0 Å². The van der Waals surface area contributed by atoms with E-state index in [9.17, 15) is 5.11 Å². The molecule has 0 aromatic carbocycles. The summed E-state index contributed by atoms with van der Waals surface area (Å²) >= 11 is 5.93. The van der Waals surface area contributed by atoms with Crippen LogP contribution in [-0.2, 0) is 0 Å². The molecule has 0 saturated heterocycles. The summed E-state index contributed by atoms with van der Waals surface area (Å²) in [6, 6.07) is 1.79. The first-order valence-corrected chi connectivity index (χ1v) is 7.42. The SMILES string of the molecule is OC1CCCC(CNc2nc(Cl)nc(-n3cccn3)n2)C1. The minimum atomic E-state index is -0.188. The molecular formula is C13H17ClN6O. The van der Waals surface area contributed by atoms with Gasteiger partial charge in [-0.05, 0) is 42.8 Å². The van der Waals surface area contributed by atoms with Crippen LogP contribution in [0.1, 0.15) is 25.7 Å². The lowest BCUT2D eigenvalue weighted by molar-refractivity contribution is 0.104. The zero-order chi connectivity index (χ0) is 14.7. The monoisotopic (exact) mass is 308 g/mol. The average Bonchev–Trinajstić information content (AvgIpc) is 2.99. The van der Waals surface area contributed by atoms with E-state index in [2.05, 4.69) is 25.4 Å². The van der Waals surface area contributed by atoms with Crippen LogP contribution in [0.15, 0.2) is 18.5 Å². The van der Waals surface area contributed by atoms with E-state index in [0.717, 1.165) is 32.2 Å².